The van der Waals surface area contributed by atoms with Crippen LogP contribution >= 0.6 is 22.7 Å². The summed E-state index contributed by atoms with van der Waals surface area (Å²) < 4.78 is 1.04. The lowest BCUT2D eigenvalue weighted by molar-refractivity contribution is 0.0956. The normalized spacial score (nSPS) is 11.0. The van der Waals surface area contributed by atoms with Gasteiger partial charge in [-0.15, -0.1) is 22.7 Å². The Balaban J connectivity index is 1.82. The van der Waals surface area contributed by atoms with Crippen molar-refractivity contribution in [3.63, 3.8) is 0 Å². The number of nitrogens with one attached hydrogen (secondary N) is 1. The van der Waals surface area contributed by atoms with Crippen molar-refractivity contribution >= 4 is 44.4 Å². The fourth-order valence-corrected chi connectivity index (χ4v) is 3.86. The lowest BCUT2D eigenvalue weighted by Crippen LogP contribution is -2.22. The molecule has 6 heteroatoms. The summed E-state index contributed by atoms with van der Waals surface area (Å²) in [5.41, 5.74) is 7.82. The van der Waals surface area contributed by atoms with Crippen LogP contribution in [0.3, 0.4) is 0 Å². The van der Waals surface area contributed by atoms with Gasteiger partial charge in [0.1, 0.15) is 9.88 Å². The molecule has 0 radical (unpaired) electrons. The highest BCUT2D eigenvalue weighted by atomic mass is 32.1. The molecule has 1 amide bonds. The Kier molecular flexibility index (Phi) is 3.65. The second-order valence-electron chi connectivity index (χ2n) is 4.89. The summed E-state index contributed by atoms with van der Waals surface area (Å²) >= 11 is 3.01. The van der Waals surface area contributed by atoms with E-state index in [1.807, 2.05) is 38.2 Å². The minimum Gasteiger partial charge on any atom is -0.397 e. The molecule has 2 aromatic heterocycles. The average Bonchev–Trinajstić information content (AvgIpc) is 3.01. The molecule has 0 saturated carbocycles. The van der Waals surface area contributed by atoms with E-state index >= 15 is 0 Å². The third-order valence-electron chi connectivity index (χ3n) is 3.16. The van der Waals surface area contributed by atoms with E-state index in [0.717, 1.165) is 25.5 Å². The molecule has 0 unspecified atom stereocenters. The van der Waals surface area contributed by atoms with Crippen LogP contribution < -0.4 is 11.1 Å². The van der Waals surface area contributed by atoms with E-state index in [9.17, 15) is 4.79 Å². The lowest BCUT2D eigenvalue weighted by Gasteiger charge is -2.01. The number of thiophene rings is 1. The zero-order valence-corrected chi connectivity index (χ0v) is 13.4. The van der Waals surface area contributed by atoms with Crippen LogP contribution in [0.4, 0.5) is 5.69 Å². The first kappa shape index (κ1) is 14.0. The van der Waals surface area contributed by atoms with Crippen LogP contribution in [0.25, 0.3) is 10.1 Å². The number of nitrogens with two attached hydrogens (primary N) is 1. The molecule has 0 atom stereocenters. The van der Waals surface area contributed by atoms with Gasteiger partial charge in [0.25, 0.3) is 5.91 Å². The number of rotatable bonds is 3. The van der Waals surface area contributed by atoms with Crippen LogP contribution in [0, 0.1) is 13.8 Å². The van der Waals surface area contributed by atoms with E-state index in [-0.39, 0.29) is 5.91 Å². The monoisotopic (exact) mass is 317 g/mol. The number of amides is 1. The summed E-state index contributed by atoms with van der Waals surface area (Å²) in [6.45, 7) is 4.44. The highest BCUT2D eigenvalue weighted by Gasteiger charge is 2.16. The van der Waals surface area contributed by atoms with Crippen molar-refractivity contribution in [2.75, 3.05) is 5.73 Å². The molecule has 0 fully saturated rings. The minimum absolute atomic E-state index is 0.140. The van der Waals surface area contributed by atoms with Gasteiger partial charge in [-0.05, 0) is 26.0 Å². The predicted octanol–water partition coefficient (Wildman–Crippen LogP) is 3.49. The summed E-state index contributed by atoms with van der Waals surface area (Å²) in [5.74, 6) is -0.140. The molecule has 4 nitrogen and oxygen atoms in total. The van der Waals surface area contributed by atoms with E-state index in [4.69, 9.17) is 5.73 Å². The van der Waals surface area contributed by atoms with Gasteiger partial charge in [-0.25, -0.2) is 4.98 Å². The standard InChI is InChI=1S/C15H15N3OS2/c1-8-3-4-11-10(5-8)13(16)14(21-11)15(19)18-7-12-17-6-9(2)20-12/h3-6H,7,16H2,1-2H3,(H,18,19). The number of aromatic nitrogens is 1. The van der Waals surface area contributed by atoms with Crippen LogP contribution in [0.2, 0.25) is 0 Å². The maximum absolute atomic E-state index is 12.3. The van der Waals surface area contributed by atoms with Gasteiger partial charge < -0.3 is 11.1 Å². The fourth-order valence-electron chi connectivity index (χ4n) is 2.12. The van der Waals surface area contributed by atoms with Crippen molar-refractivity contribution in [2.24, 2.45) is 0 Å². The quantitative estimate of drug-likeness (QED) is 0.777. The smallest absolute Gasteiger partial charge is 0.263 e. The second kappa shape index (κ2) is 5.46. The number of nitrogen functional groups attached to an aromatic ring is 1. The summed E-state index contributed by atoms with van der Waals surface area (Å²) in [6, 6.07) is 6.05. The Labute approximate surface area is 130 Å². The highest BCUT2D eigenvalue weighted by Crippen LogP contribution is 2.34. The maximum atomic E-state index is 12.3. The number of fused-ring (bicyclic) bond motifs is 1. The van der Waals surface area contributed by atoms with Crippen LogP contribution in [-0.2, 0) is 6.54 Å². The first-order valence-electron chi connectivity index (χ1n) is 6.52. The van der Waals surface area contributed by atoms with Crippen LogP contribution in [0.15, 0.2) is 24.4 Å². The molecule has 0 bridgehead atoms. The van der Waals surface area contributed by atoms with E-state index < -0.39 is 0 Å². The molecule has 0 aliphatic heterocycles. The number of anilines is 1. The number of hydrogen-bond donors (Lipinski definition) is 2. The third-order valence-corrected chi connectivity index (χ3v) is 5.26. The number of nitrogens with zero attached hydrogens (tertiary/aromatic N) is 1. The molecule has 0 aliphatic rings. The molecular weight excluding hydrogens is 302 g/mol. The molecule has 3 aromatic rings. The number of thiazole rings is 1. The first-order valence-corrected chi connectivity index (χ1v) is 8.16. The van der Waals surface area contributed by atoms with Crippen molar-refractivity contribution in [2.45, 2.75) is 20.4 Å². The number of hydrogen-bond acceptors (Lipinski definition) is 5. The Morgan fingerprint density at radius 2 is 2.14 bits per heavy atom. The molecule has 0 saturated heterocycles. The summed E-state index contributed by atoms with van der Waals surface area (Å²) in [5, 5.41) is 4.74. The molecule has 21 heavy (non-hydrogen) atoms. The summed E-state index contributed by atoms with van der Waals surface area (Å²) in [6.07, 6.45) is 1.81. The zero-order valence-electron chi connectivity index (χ0n) is 11.8. The number of benzene rings is 1. The lowest BCUT2D eigenvalue weighted by atomic mass is 10.1. The van der Waals surface area contributed by atoms with Gasteiger partial charge >= 0.3 is 0 Å². The van der Waals surface area contributed by atoms with Crippen molar-refractivity contribution in [1.82, 2.24) is 10.3 Å². The zero-order chi connectivity index (χ0) is 15.0. The van der Waals surface area contributed by atoms with Gasteiger partial charge in [-0.1, -0.05) is 11.6 Å². The van der Waals surface area contributed by atoms with Gasteiger partial charge in [0.05, 0.1) is 12.2 Å². The third kappa shape index (κ3) is 2.77. The topological polar surface area (TPSA) is 68.0 Å². The molecule has 0 spiro atoms. The van der Waals surface area contributed by atoms with Crippen molar-refractivity contribution in [1.29, 1.82) is 0 Å². The van der Waals surface area contributed by atoms with Gasteiger partial charge in [-0.3, -0.25) is 4.79 Å². The minimum atomic E-state index is -0.140. The van der Waals surface area contributed by atoms with E-state index in [1.165, 1.54) is 11.3 Å². The second-order valence-corrected chi connectivity index (χ2v) is 7.26. The molecular formula is C15H15N3OS2. The average molecular weight is 317 g/mol. The Hall–Kier alpha value is -1.92. The van der Waals surface area contributed by atoms with Gasteiger partial charge in [0, 0.05) is 21.2 Å². The van der Waals surface area contributed by atoms with Crippen LogP contribution in [-0.4, -0.2) is 10.9 Å². The summed E-state index contributed by atoms with van der Waals surface area (Å²) in [4.78, 5) is 18.2. The number of carbonyl (C=O) groups excluding carboxylic acids is 1. The molecule has 3 N–H and O–H groups in total. The van der Waals surface area contributed by atoms with Crippen LogP contribution in [0.1, 0.15) is 25.1 Å². The largest absolute Gasteiger partial charge is 0.397 e. The highest BCUT2D eigenvalue weighted by molar-refractivity contribution is 7.21. The SMILES string of the molecule is Cc1ccc2sc(C(=O)NCc3ncc(C)s3)c(N)c2c1. The van der Waals surface area contributed by atoms with Crippen molar-refractivity contribution in [3.8, 4) is 0 Å². The molecule has 108 valence electrons. The van der Waals surface area contributed by atoms with Gasteiger partial charge in [0.15, 0.2) is 0 Å². The molecule has 0 aliphatic carbocycles. The van der Waals surface area contributed by atoms with Crippen molar-refractivity contribution in [3.05, 3.63) is 44.7 Å². The van der Waals surface area contributed by atoms with Crippen LogP contribution in [0.5, 0.6) is 0 Å². The Morgan fingerprint density at radius 1 is 1.33 bits per heavy atom. The maximum Gasteiger partial charge on any atom is 0.263 e. The Morgan fingerprint density at radius 3 is 2.86 bits per heavy atom. The van der Waals surface area contributed by atoms with E-state index in [2.05, 4.69) is 10.3 Å². The molecule has 2 heterocycles. The van der Waals surface area contributed by atoms with E-state index in [1.54, 1.807) is 11.3 Å². The Bertz CT molecular complexity index is 820. The predicted molar refractivity (Wildman–Crippen MR) is 89.0 cm³/mol. The fraction of sp³-hybridized carbons (Fsp3) is 0.200. The van der Waals surface area contributed by atoms with Crippen molar-refractivity contribution < 1.29 is 4.79 Å². The number of carbonyl (C=O) groups is 1. The first-order chi connectivity index (χ1) is 10.0. The van der Waals surface area contributed by atoms with Gasteiger partial charge in [-0.2, -0.15) is 0 Å². The number of aryl methyl sites for hydroxylation is 2. The molecule has 3 rings (SSSR count). The van der Waals surface area contributed by atoms with E-state index in [0.29, 0.717) is 17.1 Å². The molecule has 1 aromatic carbocycles. The summed E-state index contributed by atoms with van der Waals surface area (Å²) in [7, 11) is 0. The van der Waals surface area contributed by atoms with Gasteiger partial charge in [0.2, 0.25) is 0 Å².